The fourth-order valence-electron chi connectivity index (χ4n) is 2.10. The van der Waals surface area contributed by atoms with Gasteiger partial charge in [-0.05, 0) is 36.4 Å². The monoisotopic (exact) mass is 360 g/mol. The van der Waals surface area contributed by atoms with Gasteiger partial charge in [0.2, 0.25) is 0 Å². The maximum absolute atomic E-state index is 12.5. The standard InChI is InChI=1S/C18H17O4PS/c19-23(20,21-16-10-4-1-5-11-16)22-24(17-12-6-2-7-13-17)18-14-8-3-9-15-18/h1-15,24H,(H,19,20). The van der Waals surface area contributed by atoms with Gasteiger partial charge < -0.3 is 4.52 Å². The first-order chi connectivity index (χ1) is 11.6. The molecule has 0 saturated heterocycles. The lowest BCUT2D eigenvalue weighted by Gasteiger charge is -2.24. The number of hydrogen-bond donors (Lipinski definition) is 2. The van der Waals surface area contributed by atoms with E-state index in [0.717, 1.165) is 9.79 Å². The van der Waals surface area contributed by atoms with Crippen molar-refractivity contribution in [3.05, 3.63) is 91.0 Å². The van der Waals surface area contributed by atoms with Crippen LogP contribution in [0.3, 0.4) is 0 Å². The Kier molecular flexibility index (Phi) is 5.38. The third kappa shape index (κ3) is 4.49. The number of phosphoric ester groups is 1. The van der Waals surface area contributed by atoms with Crippen molar-refractivity contribution in [3.63, 3.8) is 0 Å². The van der Waals surface area contributed by atoms with E-state index in [1.807, 2.05) is 60.7 Å². The zero-order chi connectivity index (χ0) is 16.8. The average molecular weight is 360 g/mol. The molecule has 0 saturated carbocycles. The highest BCUT2D eigenvalue weighted by atomic mass is 32.2. The molecule has 0 radical (unpaired) electrons. The molecule has 124 valence electrons. The number of phosphoric acid groups is 1. The summed E-state index contributed by atoms with van der Waals surface area (Å²) in [6.07, 6.45) is 0. The molecule has 1 atom stereocenters. The van der Waals surface area contributed by atoms with Crippen LogP contribution < -0.4 is 4.52 Å². The highest BCUT2D eigenvalue weighted by Crippen LogP contribution is 2.58. The SMILES string of the molecule is O=P(O)(Oc1ccccc1)O[SH](c1ccccc1)c1ccccc1. The second-order valence-electron chi connectivity index (χ2n) is 4.92. The molecule has 0 heterocycles. The van der Waals surface area contributed by atoms with Gasteiger partial charge in [0.15, 0.2) is 0 Å². The van der Waals surface area contributed by atoms with Crippen LogP contribution in [0, 0.1) is 0 Å². The van der Waals surface area contributed by atoms with Gasteiger partial charge in [0.25, 0.3) is 0 Å². The van der Waals surface area contributed by atoms with Gasteiger partial charge in [-0.3, -0.25) is 4.89 Å². The van der Waals surface area contributed by atoms with E-state index in [2.05, 4.69) is 0 Å². The Morgan fingerprint density at radius 1 is 0.708 bits per heavy atom. The summed E-state index contributed by atoms with van der Waals surface area (Å²) in [5, 5.41) is 0. The molecule has 24 heavy (non-hydrogen) atoms. The Morgan fingerprint density at radius 3 is 1.58 bits per heavy atom. The van der Waals surface area contributed by atoms with Crippen molar-refractivity contribution in [2.75, 3.05) is 0 Å². The van der Waals surface area contributed by atoms with Crippen LogP contribution in [0.25, 0.3) is 0 Å². The molecule has 0 fully saturated rings. The van der Waals surface area contributed by atoms with Gasteiger partial charge in [-0.25, -0.2) is 8.54 Å². The molecular weight excluding hydrogens is 343 g/mol. The predicted octanol–water partition coefficient (Wildman–Crippen LogP) is 5.22. The molecule has 1 unspecified atom stereocenters. The fourth-order valence-corrected chi connectivity index (χ4v) is 5.39. The molecule has 0 aromatic heterocycles. The Labute approximate surface area is 143 Å². The number of thiol groups is 1. The quantitative estimate of drug-likeness (QED) is 0.468. The molecule has 0 amide bonds. The van der Waals surface area contributed by atoms with Crippen LogP contribution in [0.15, 0.2) is 101 Å². The molecular formula is C18H17O4PS. The second kappa shape index (κ2) is 7.69. The molecule has 0 aliphatic carbocycles. The summed E-state index contributed by atoms with van der Waals surface area (Å²) in [5.74, 6) is 0.291. The molecule has 0 aliphatic heterocycles. The first-order valence-electron chi connectivity index (χ1n) is 7.31. The number of hydrogen-bond acceptors (Lipinski definition) is 3. The molecule has 4 nitrogen and oxygen atoms in total. The predicted molar refractivity (Wildman–Crippen MR) is 96.4 cm³/mol. The normalized spacial score (nSPS) is 13.8. The van der Waals surface area contributed by atoms with E-state index in [4.69, 9.17) is 8.49 Å². The van der Waals surface area contributed by atoms with E-state index < -0.39 is 19.0 Å². The molecule has 0 bridgehead atoms. The lowest BCUT2D eigenvalue weighted by Crippen LogP contribution is -1.97. The molecule has 1 N–H and O–H groups in total. The van der Waals surface area contributed by atoms with Gasteiger partial charge >= 0.3 is 7.82 Å². The van der Waals surface area contributed by atoms with Crippen LogP contribution >= 0.6 is 19.0 Å². The van der Waals surface area contributed by atoms with Crippen molar-refractivity contribution < 1.29 is 18.0 Å². The lowest BCUT2D eigenvalue weighted by atomic mass is 10.3. The van der Waals surface area contributed by atoms with E-state index in [9.17, 15) is 9.46 Å². The number of para-hydroxylation sites is 1. The van der Waals surface area contributed by atoms with Crippen LogP contribution in [-0.2, 0) is 8.54 Å². The summed E-state index contributed by atoms with van der Waals surface area (Å²) in [7, 11) is -4.27. The Balaban J connectivity index is 1.88. The van der Waals surface area contributed by atoms with Gasteiger partial charge in [-0.2, -0.15) is 0 Å². The van der Waals surface area contributed by atoms with Crippen LogP contribution in [-0.4, -0.2) is 4.89 Å². The third-order valence-corrected chi connectivity index (χ3v) is 6.58. The average Bonchev–Trinajstić information content (AvgIpc) is 2.62. The van der Waals surface area contributed by atoms with Gasteiger partial charge in [-0.1, -0.05) is 65.8 Å². The summed E-state index contributed by atoms with van der Waals surface area (Å²) >= 11 is -1.47. The maximum Gasteiger partial charge on any atom is 0.537 e. The first-order valence-corrected chi connectivity index (χ1v) is 10.1. The van der Waals surface area contributed by atoms with Crippen molar-refractivity contribution in [2.24, 2.45) is 0 Å². The van der Waals surface area contributed by atoms with Crippen molar-refractivity contribution in [3.8, 4) is 5.75 Å². The second-order valence-corrected chi connectivity index (χ2v) is 8.31. The summed E-state index contributed by atoms with van der Waals surface area (Å²) in [6, 6.07) is 27.3. The van der Waals surface area contributed by atoms with Crippen molar-refractivity contribution in [1.29, 1.82) is 0 Å². The van der Waals surface area contributed by atoms with Crippen molar-refractivity contribution in [2.45, 2.75) is 9.79 Å². The third-order valence-electron chi connectivity index (χ3n) is 3.13. The summed E-state index contributed by atoms with van der Waals surface area (Å²) < 4.78 is 23.2. The highest BCUT2D eigenvalue weighted by Gasteiger charge is 2.28. The Bertz CT molecular complexity index is 773. The maximum atomic E-state index is 12.5. The molecule has 3 rings (SSSR count). The van der Waals surface area contributed by atoms with Gasteiger partial charge in [-0.15, -0.1) is 0 Å². The Morgan fingerprint density at radius 2 is 1.12 bits per heavy atom. The summed E-state index contributed by atoms with van der Waals surface area (Å²) in [4.78, 5) is 11.9. The van der Waals surface area contributed by atoms with Crippen molar-refractivity contribution in [1.82, 2.24) is 0 Å². The zero-order valence-electron chi connectivity index (χ0n) is 12.7. The summed E-state index contributed by atoms with van der Waals surface area (Å²) in [5.41, 5.74) is 0. The van der Waals surface area contributed by atoms with Gasteiger partial charge in [0.05, 0.1) is 0 Å². The number of rotatable bonds is 6. The zero-order valence-corrected chi connectivity index (χ0v) is 14.5. The van der Waals surface area contributed by atoms with Crippen LogP contribution in [0.1, 0.15) is 0 Å². The molecule has 0 aliphatic rings. The van der Waals surface area contributed by atoms with E-state index >= 15 is 0 Å². The van der Waals surface area contributed by atoms with Crippen LogP contribution in [0.5, 0.6) is 5.75 Å². The molecule has 6 heteroatoms. The van der Waals surface area contributed by atoms with Crippen LogP contribution in [0.2, 0.25) is 0 Å². The van der Waals surface area contributed by atoms with Crippen LogP contribution in [0.4, 0.5) is 0 Å². The molecule has 3 aromatic carbocycles. The minimum atomic E-state index is -4.27. The lowest BCUT2D eigenvalue weighted by molar-refractivity contribution is 0.304. The van der Waals surface area contributed by atoms with E-state index in [0.29, 0.717) is 5.75 Å². The van der Waals surface area contributed by atoms with E-state index in [-0.39, 0.29) is 0 Å². The molecule has 0 spiro atoms. The van der Waals surface area contributed by atoms with E-state index in [1.165, 1.54) is 0 Å². The van der Waals surface area contributed by atoms with E-state index in [1.54, 1.807) is 30.3 Å². The minimum absolute atomic E-state index is 0.291. The number of benzene rings is 3. The van der Waals surface area contributed by atoms with Crippen molar-refractivity contribution >= 4 is 19.0 Å². The summed E-state index contributed by atoms with van der Waals surface area (Å²) in [6.45, 7) is 0. The van der Waals surface area contributed by atoms with Gasteiger partial charge in [0, 0.05) is 9.79 Å². The largest absolute Gasteiger partial charge is 0.537 e. The Hall–Kier alpha value is -2.04. The highest BCUT2D eigenvalue weighted by molar-refractivity contribution is 8.15. The first kappa shape index (κ1) is 16.8. The smallest absolute Gasteiger partial charge is 0.404 e. The minimum Gasteiger partial charge on any atom is -0.404 e. The van der Waals surface area contributed by atoms with Gasteiger partial charge in [0.1, 0.15) is 5.75 Å². The fraction of sp³-hybridized carbons (Fsp3) is 0. The topological polar surface area (TPSA) is 55.8 Å². The molecule has 3 aromatic rings.